The molecule has 0 aromatic heterocycles. The molecule has 0 saturated carbocycles. The van der Waals surface area contributed by atoms with Crippen LogP contribution in [-0.4, -0.2) is 47.0 Å². The zero-order valence-corrected chi connectivity index (χ0v) is 24.9. The average Bonchev–Trinajstić information content (AvgIpc) is 3.19. The first-order valence-electron chi connectivity index (χ1n) is 12.1. The van der Waals surface area contributed by atoms with Crippen molar-refractivity contribution in [1.82, 2.24) is 4.90 Å². The fraction of sp³-hybridized carbons (Fsp3) is 0.269. The van der Waals surface area contributed by atoms with E-state index in [0.29, 0.717) is 28.6 Å². The molecule has 1 amide bonds. The number of benzene rings is 3. The lowest BCUT2D eigenvalue weighted by Crippen LogP contribution is -2.32. The van der Waals surface area contributed by atoms with Crippen LogP contribution < -0.4 is 9.44 Å². The van der Waals surface area contributed by atoms with E-state index in [-0.39, 0.29) is 32.1 Å². The van der Waals surface area contributed by atoms with Crippen molar-refractivity contribution < 1.29 is 21.6 Å². The third kappa shape index (κ3) is 7.20. The van der Waals surface area contributed by atoms with Crippen LogP contribution in [-0.2, 0) is 20.0 Å². The Hall–Kier alpha value is -2.44. The summed E-state index contributed by atoms with van der Waals surface area (Å²) in [6.07, 6.45) is 5.83. The Morgan fingerprint density at radius 1 is 0.795 bits per heavy atom. The van der Waals surface area contributed by atoms with Gasteiger partial charge in [0, 0.05) is 28.7 Å². The molecule has 4 rings (SSSR count). The van der Waals surface area contributed by atoms with Gasteiger partial charge in [-0.2, -0.15) is 0 Å². The Kier molecular flexibility index (Phi) is 9.38. The van der Waals surface area contributed by atoms with E-state index in [2.05, 4.69) is 9.44 Å². The summed E-state index contributed by atoms with van der Waals surface area (Å²) in [7, 11) is -8.06. The van der Waals surface area contributed by atoms with Gasteiger partial charge in [0.05, 0.1) is 26.1 Å². The van der Waals surface area contributed by atoms with Crippen molar-refractivity contribution in [1.29, 1.82) is 0 Å². The second kappa shape index (κ2) is 12.4. The number of halogens is 2. The van der Waals surface area contributed by atoms with Crippen molar-refractivity contribution in [2.45, 2.75) is 40.4 Å². The first kappa shape index (κ1) is 29.5. The first-order valence-corrected chi connectivity index (χ1v) is 17.0. The predicted molar refractivity (Wildman–Crippen MR) is 157 cm³/mol. The standard InChI is InChI=1S/C26H27Cl2N3O5S3/c1-37-25-13-11-21(17-22(25)26(32)31-14-4-2-3-5-15-31)39(35,36)29-19-7-9-20(10-8-19)38(33,34)30-24-12-6-18(27)16-23(24)28/h6-13,16-17,29-30H,2-5,14-15H2,1H3. The quantitative estimate of drug-likeness (QED) is 0.282. The highest BCUT2D eigenvalue weighted by molar-refractivity contribution is 7.98. The predicted octanol–water partition coefficient (Wildman–Crippen LogP) is 6.33. The first-order chi connectivity index (χ1) is 18.5. The van der Waals surface area contributed by atoms with Crippen LogP contribution in [0.1, 0.15) is 36.0 Å². The van der Waals surface area contributed by atoms with Crippen molar-refractivity contribution in [2.24, 2.45) is 0 Å². The number of hydrogen-bond acceptors (Lipinski definition) is 6. The fourth-order valence-electron chi connectivity index (χ4n) is 4.16. The normalized spacial score (nSPS) is 14.5. The molecule has 0 radical (unpaired) electrons. The van der Waals surface area contributed by atoms with Gasteiger partial charge in [-0.25, -0.2) is 16.8 Å². The number of thioether (sulfide) groups is 1. The molecular formula is C26H27Cl2N3O5S3. The summed E-state index contributed by atoms with van der Waals surface area (Å²) < 4.78 is 56.8. The van der Waals surface area contributed by atoms with E-state index in [0.717, 1.165) is 25.7 Å². The molecule has 1 aliphatic heterocycles. The Morgan fingerprint density at radius 3 is 2.03 bits per heavy atom. The summed E-state index contributed by atoms with van der Waals surface area (Å²) in [6.45, 7) is 1.30. The summed E-state index contributed by atoms with van der Waals surface area (Å²) in [5, 5.41) is 0.498. The SMILES string of the molecule is CSc1ccc(S(=O)(=O)Nc2ccc(S(=O)(=O)Nc3ccc(Cl)cc3Cl)cc2)cc1C(=O)N1CCCCCC1. The van der Waals surface area contributed by atoms with Gasteiger partial charge in [0.2, 0.25) is 0 Å². The van der Waals surface area contributed by atoms with Crippen LogP contribution in [0.2, 0.25) is 10.0 Å². The maximum atomic E-state index is 13.3. The molecule has 1 heterocycles. The van der Waals surface area contributed by atoms with Gasteiger partial charge in [-0.15, -0.1) is 11.8 Å². The van der Waals surface area contributed by atoms with Crippen molar-refractivity contribution >= 4 is 72.3 Å². The molecule has 13 heteroatoms. The largest absolute Gasteiger partial charge is 0.339 e. The maximum Gasteiger partial charge on any atom is 0.261 e. The van der Waals surface area contributed by atoms with E-state index >= 15 is 0 Å². The van der Waals surface area contributed by atoms with Crippen LogP contribution in [0.15, 0.2) is 75.4 Å². The van der Waals surface area contributed by atoms with Gasteiger partial charge in [-0.05, 0) is 79.8 Å². The van der Waals surface area contributed by atoms with E-state index in [9.17, 15) is 21.6 Å². The molecule has 0 aliphatic carbocycles. The lowest BCUT2D eigenvalue weighted by atomic mass is 10.2. The number of carbonyl (C=O) groups is 1. The fourth-order valence-corrected chi connectivity index (χ4v) is 7.40. The molecule has 0 atom stereocenters. The summed E-state index contributed by atoms with van der Waals surface area (Å²) in [5.41, 5.74) is 0.665. The van der Waals surface area contributed by atoms with Gasteiger partial charge in [0.1, 0.15) is 0 Å². The molecule has 208 valence electrons. The zero-order valence-electron chi connectivity index (χ0n) is 21.0. The molecule has 8 nitrogen and oxygen atoms in total. The number of amides is 1. The highest BCUT2D eigenvalue weighted by atomic mass is 35.5. The molecule has 39 heavy (non-hydrogen) atoms. The van der Waals surface area contributed by atoms with Crippen molar-refractivity contribution in [3.05, 3.63) is 76.3 Å². The van der Waals surface area contributed by atoms with E-state index < -0.39 is 20.0 Å². The van der Waals surface area contributed by atoms with Crippen LogP contribution in [0.5, 0.6) is 0 Å². The van der Waals surface area contributed by atoms with Crippen LogP contribution in [0.3, 0.4) is 0 Å². The number of nitrogens with one attached hydrogen (secondary N) is 2. The zero-order chi connectivity index (χ0) is 28.2. The van der Waals surface area contributed by atoms with Gasteiger partial charge in [0.15, 0.2) is 0 Å². The Labute approximate surface area is 243 Å². The van der Waals surface area contributed by atoms with Crippen LogP contribution in [0.4, 0.5) is 11.4 Å². The minimum atomic E-state index is -4.06. The lowest BCUT2D eigenvalue weighted by molar-refractivity contribution is 0.0758. The van der Waals surface area contributed by atoms with E-state index in [4.69, 9.17) is 23.2 Å². The number of anilines is 2. The third-order valence-corrected chi connectivity index (χ3v) is 10.3. The monoisotopic (exact) mass is 627 g/mol. The second-order valence-electron chi connectivity index (χ2n) is 8.93. The number of nitrogens with zero attached hydrogens (tertiary/aromatic N) is 1. The van der Waals surface area contributed by atoms with Gasteiger partial charge >= 0.3 is 0 Å². The van der Waals surface area contributed by atoms with Crippen molar-refractivity contribution in [3.8, 4) is 0 Å². The molecule has 0 unspecified atom stereocenters. The van der Waals surface area contributed by atoms with Crippen molar-refractivity contribution in [3.63, 3.8) is 0 Å². The van der Waals surface area contributed by atoms with Crippen LogP contribution >= 0.6 is 35.0 Å². The summed E-state index contributed by atoms with van der Waals surface area (Å²) >= 11 is 13.3. The van der Waals surface area contributed by atoms with Crippen LogP contribution in [0.25, 0.3) is 0 Å². The Morgan fingerprint density at radius 2 is 1.41 bits per heavy atom. The average molecular weight is 629 g/mol. The highest BCUT2D eigenvalue weighted by Crippen LogP contribution is 2.29. The van der Waals surface area contributed by atoms with E-state index in [1.54, 1.807) is 11.0 Å². The topological polar surface area (TPSA) is 113 Å². The molecule has 1 aliphatic rings. The highest BCUT2D eigenvalue weighted by Gasteiger charge is 2.24. The van der Waals surface area contributed by atoms with Gasteiger partial charge in [-0.3, -0.25) is 14.2 Å². The number of sulfonamides is 2. The molecule has 1 fully saturated rings. The molecule has 1 saturated heterocycles. The molecular weight excluding hydrogens is 601 g/mol. The minimum absolute atomic E-state index is 0.0609. The molecule has 3 aromatic carbocycles. The Bertz CT molecular complexity index is 1570. The molecule has 0 spiro atoms. The third-order valence-electron chi connectivity index (χ3n) is 6.20. The number of likely N-dealkylation sites (tertiary alicyclic amines) is 1. The summed E-state index contributed by atoms with van der Waals surface area (Å²) in [5.74, 6) is -0.179. The van der Waals surface area contributed by atoms with E-state index in [1.165, 1.54) is 66.4 Å². The van der Waals surface area contributed by atoms with Gasteiger partial charge in [0.25, 0.3) is 26.0 Å². The van der Waals surface area contributed by atoms with Gasteiger partial charge < -0.3 is 4.90 Å². The summed E-state index contributed by atoms with van der Waals surface area (Å²) in [4.78, 5) is 15.6. The van der Waals surface area contributed by atoms with Gasteiger partial charge in [-0.1, -0.05) is 36.0 Å². The second-order valence-corrected chi connectivity index (χ2v) is 14.0. The number of hydrogen-bond donors (Lipinski definition) is 2. The minimum Gasteiger partial charge on any atom is -0.339 e. The Balaban J connectivity index is 1.53. The maximum absolute atomic E-state index is 13.3. The molecule has 0 bridgehead atoms. The van der Waals surface area contributed by atoms with Crippen LogP contribution in [0, 0.1) is 0 Å². The molecule has 3 aromatic rings. The number of rotatable bonds is 8. The molecule has 2 N–H and O–H groups in total. The lowest BCUT2D eigenvalue weighted by Gasteiger charge is -2.22. The summed E-state index contributed by atoms with van der Waals surface area (Å²) in [6, 6.07) is 14.1. The van der Waals surface area contributed by atoms with E-state index in [1.807, 2.05) is 6.26 Å². The van der Waals surface area contributed by atoms with Crippen molar-refractivity contribution in [2.75, 3.05) is 28.8 Å². The number of carbonyl (C=O) groups excluding carboxylic acids is 1. The smallest absolute Gasteiger partial charge is 0.261 e.